The zero-order valence-electron chi connectivity index (χ0n) is 15.3. The summed E-state index contributed by atoms with van der Waals surface area (Å²) >= 11 is 0. The van der Waals surface area contributed by atoms with Crippen LogP contribution in [0.5, 0.6) is 0 Å². The van der Waals surface area contributed by atoms with Crippen molar-refractivity contribution in [1.29, 1.82) is 0 Å². The summed E-state index contributed by atoms with van der Waals surface area (Å²) in [5, 5.41) is 2.78. The van der Waals surface area contributed by atoms with Gasteiger partial charge in [0, 0.05) is 23.3 Å². The van der Waals surface area contributed by atoms with E-state index in [-0.39, 0.29) is 29.0 Å². The molecule has 1 aromatic carbocycles. The Kier molecular flexibility index (Phi) is 4.80. The number of hydrogen-bond donors (Lipinski definition) is 3. The van der Waals surface area contributed by atoms with Crippen molar-refractivity contribution in [2.24, 2.45) is 0 Å². The highest BCUT2D eigenvalue weighted by Crippen LogP contribution is 2.15. The Labute approximate surface area is 166 Å². The summed E-state index contributed by atoms with van der Waals surface area (Å²) < 4.78 is 15.3. The summed E-state index contributed by atoms with van der Waals surface area (Å²) in [5.74, 6) is -1.35. The molecule has 0 unspecified atom stereocenters. The molecule has 0 aliphatic carbocycles. The van der Waals surface area contributed by atoms with Gasteiger partial charge in [-0.25, -0.2) is 14.2 Å². The fraction of sp³-hybridized carbons (Fsp3) is 0.0500. The van der Waals surface area contributed by atoms with E-state index in [1.807, 2.05) is 4.98 Å². The summed E-state index contributed by atoms with van der Waals surface area (Å²) in [6.07, 6.45) is 2.51. The number of pyridine rings is 2. The van der Waals surface area contributed by atoms with Gasteiger partial charge >= 0.3 is 5.69 Å². The van der Waals surface area contributed by atoms with Crippen molar-refractivity contribution in [3.63, 3.8) is 0 Å². The lowest BCUT2D eigenvalue weighted by molar-refractivity contribution is 0.102. The number of hydrogen-bond acceptors (Lipinski definition) is 5. The van der Waals surface area contributed by atoms with E-state index in [0.717, 1.165) is 6.20 Å². The Morgan fingerprint density at radius 3 is 2.70 bits per heavy atom. The number of carbonyl (C=O) groups excluding carboxylic acids is 1. The van der Waals surface area contributed by atoms with Crippen molar-refractivity contribution in [3.05, 3.63) is 103 Å². The number of amides is 1. The number of anilines is 1. The van der Waals surface area contributed by atoms with Crippen LogP contribution < -0.4 is 22.1 Å². The van der Waals surface area contributed by atoms with Crippen molar-refractivity contribution in [2.45, 2.75) is 6.54 Å². The van der Waals surface area contributed by atoms with Gasteiger partial charge in [-0.3, -0.25) is 23.9 Å². The molecular weight excluding hydrogens is 393 g/mol. The van der Waals surface area contributed by atoms with Gasteiger partial charge in [0.1, 0.15) is 22.7 Å². The zero-order valence-corrected chi connectivity index (χ0v) is 15.3. The van der Waals surface area contributed by atoms with Crippen LogP contribution in [0.15, 0.2) is 69.2 Å². The molecule has 0 atom stereocenters. The highest BCUT2D eigenvalue weighted by Gasteiger charge is 2.18. The van der Waals surface area contributed by atoms with Crippen LogP contribution in [-0.2, 0) is 6.54 Å². The number of aromatic amines is 2. The number of halogens is 1. The van der Waals surface area contributed by atoms with Crippen LogP contribution in [0.25, 0.3) is 11.0 Å². The fourth-order valence-electron chi connectivity index (χ4n) is 3.01. The third kappa shape index (κ3) is 3.53. The molecular formula is C20H14FN5O4. The molecule has 150 valence electrons. The molecule has 9 nitrogen and oxygen atoms in total. The van der Waals surface area contributed by atoms with Gasteiger partial charge in [0.25, 0.3) is 17.0 Å². The smallest absolute Gasteiger partial charge is 0.316 e. The highest BCUT2D eigenvalue weighted by atomic mass is 19.1. The van der Waals surface area contributed by atoms with Crippen LogP contribution in [0.1, 0.15) is 15.9 Å². The van der Waals surface area contributed by atoms with Gasteiger partial charge in [0.05, 0.1) is 6.54 Å². The number of H-pyrrole nitrogens is 2. The molecule has 10 heteroatoms. The van der Waals surface area contributed by atoms with Gasteiger partial charge < -0.3 is 10.3 Å². The van der Waals surface area contributed by atoms with E-state index in [1.165, 1.54) is 35.0 Å². The summed E-state index contributed by atoms with van der Waals surface area (Å²) in [4.78, 5) is 57.1. The Morgan fingerprint density at radius 1 is 1.13 bits per heavy atom. The fourth-order valence-corrected chi connectivity index (χ4v) is 3.01. The molecule has 0 aliphatic rings. The molecule has 0 aliphatic heterocycles. The van der Waals surface area contributed by atoms with E-state index in [4.69, 9.17) is 0 Å². The van der Waals surface area contributed by atoms with E-state index in [9.17, 15) is 23.6 Å². The van der Waals surface area contributed by atoms with Crippen LogP contribution in [0.4, 0.5) is 10.1 Å². The van der Waals surface area contributed by atoms with E-state index in [1.54, 1.807) is 18.2 Å². The molecule has 3 aromatic heterocycles. The molecule has 0 spiro atoms. The first-order valence-electron chi connectivity index (χ1n) is 8.79. The second kappa shape index (κ2) is 7.59. The summed E-state index contributed by atoms with van der Waals surface area (Å²) in [5.41, 5.74) is -2.22. The van der Waals surface area contributed by atoms with Gasteiger partial charge in [0.15, 0.2) is 0 Å². The third-order valence-corrected chi connectivity index (χ3v) is 4.45. The van der Waals surface area contributed by atoms with Crippen molar-refractivity contribution >= 4 is 22.6 Å². The number of aromatic nitrogens is 4. The largest absolute Gasteiger partial charge is 0.325 e. The quantitative estimate of drug-likeness (QED) is 0.468. The Morgan fingerprint density at radius 2 is 1.93 bits per heavy atom. The SMILES string of the molecule is O=C(Nc1c[nH]c(=O)[nH]c1=O)c1cc2cccnc2n(Cc2ccccc2F)c1=O. The number of carbonyl (C=O) groups is 1. The minimum atomic E-state index is -0.856. The number of fused-ring (bicyclic) bond motifs is 1. The lowest BCUT2D eigenvalue weighted by Gasteiger charge is -2.12. The minimum Gasteiger partial charge on any atom is -0.316 e. The van der Waals surface area contributed by atoms with E-state index in [0.29, 0.717) is 5.39 Å². The maximum Gasteiger partial charge on any atom is 0.325 e. The second-order valence-corrected chi connectivity index (χ2v) is 6.40. The first kappa shape index (κ1) is 19.0. The van der Waals surface area contributed by atoms with Crippen LogP contribution in [0.3, 0.4) is 0 Å². The maximum atomic E-state index is 14.1. The highest BCUT2D eigenvalue weighted by molar-refractivity contribution is 6.05. The average Bonchev–Trinajstić information content (AvgIpc) is 2.73. The number of rotatable bonds is 4. The van der Waals surface area contributed by atoms with Gasteiger partial charge in [-0.05, 0) is 24.3 Å². The molecule has 0 saturated carbocycles. The molecule has 1 amide bonds. The van der Waals surface area contributed by atoms with E-state index < -0.39 is 28.5 Å². The predicted octanol–water partition coefficient (Wildman–Crippen LogP) is 1.21. The minimum absolute atomic E-state index is 0.140. The first-order valence-corrected chi connectivity index (χ1v) is 8.79. The number of nitrogens with one attached hydrogen (secondary N) is 3. The monoisotopic (exact) mass is 407 g/mol. The van der Waals surface area contributed by atoms with E-state index in [2.05, 4.69) is 15.3 Å². The van der Waals surface area contributed by atoms with Crippen LogP contribution in [0.2, 0.25) is 0 Å². The molecule has 0 bridgehead atoms. The molecule has 30 heavy (non-hydrogen) atoms. The standard InChI is InChI=1S/C20H14FN5O4/c21-14-6-2-1-4-12(14)10-26-16-11(5-3-7-22-16)8-13(19(26)29)17(27)24-15-9-23-20(30)25-18(15)28/h1-9H,10H2,(H,24,27)(H2,23,25,28,30). The van der Waals surface area contributed by atoms with Gasteiger partial charge in [-0.1, -0.05) is 18.2 Å². The van der Waals surface area contributed by atoms with Crippen molar-refractivity contribution in [2.75, 3.05) is 5.32 Å². The van der Waals surface area contributed by atoms with Gasteiger partial charge in [-0.15, -0.1) is 0 Å². The van der Waals surface area contributed by atoms with Crippen molar-refractivity contribution in [1.82, 2.24) is 19.5 Å². The van der Waals surface area contributed by atoms with Gasteiger partial charge in [-0.2, -0.15) is 0 Å². The summed E-state index contributed by atoms with van der Waals surface area (Å²) in [6, 6.07) is 10.6. The lowest BCUT2D eigenvalue weighted by atomic mass is 10.1. The van der Waals surface area contributed by atoms with Crippen LogP contribution >= 0.6 is 0 Å². The topological polar surface area (TPSA) is 130 Å². The predicted molar refractivity (Wildman–Crippen MR) is 107 cm³/mol. The summed E-state index contributed by atoms with van der Waals surface area (Å²) in [6.45, 7) is -0.140. The number of benzene rings is 1. The molecule has 3 N–H and O–H groups in total. The Bertz CT molecular complexity index is 1450. The zero-order chi connectivity index (χ0) is 21.3. The van der Waals surface area contributed by atoms with E-state index >= 15 is 0 Å². The molecule has 0 fully saturated rings. The molecule has 3 heterocycles. The maximum absolute atomic E-state index is 14.1. The Balaban J connectivity index is 1.83. The van der Waals surface area contributed by atoms with Crippen LogP contribution in [0, 0.1) is 5.82 Å². The molecule has 0 saturated heterocycles. The molecule has 4 aromatic rings. The molecule has 0 radical (unpaired) electrons. The van der Waals surface area contributed by atoms with Crippen molar-refractivity contribution in [3.8, 4) is 0 Å². The normalized spacial score (nSPS) is 10.8. The summed E-state index contributed by atoms with van der Waals surface area (Å²) in [7, 11) is 0. The average molecular weight is 407 g/mol. The molecule has 4 rings (SSSR count). The van der Waals surface area contributed by atoms with Gasteiger partial charge in [0.2, 0.25) is 0 Å². The Hall–Kier alpha value is -4.34. The lowest BCUT2D eigenvalue weighted by Crippen LogP contribution is -2.32. The second-order valence-electron chi connectivity index (χ2n) is 6.40. The third-order valence-electron chi connectivity index (χ3n) is 4.45. The first-order chi connectivity index (χ1) is 14.4. The number of nitrogens with zero attached hydrogens (tertiary/aromatic N) is 2. The van der Waals surface area contributed by atoms with Crippen molar-refractivity contribution < 1.29 is 9.18 Å². The van der Waals surface area contributed by atoms with Crippen LogP contribution in [-0.4, -0.2) is 25.4 Å².